The Kier molecular flexibility index (Phi) is 4.87. The summed E-state index contributed by atoms with van der Waals surface area (Å²) >= 11 is 0. The summed E-state index contributed by atoms with van der Waals surface area (Å²) in [5.41, 5.74) is 2.46. The average molecular weight is 344 g/mol. The fourth-order valence-electron chi connectivity index (χ4n) is 3.18. The van der Waals surface area contributed by atoms with E-state index >= 15 is 0 Å². The molecule has 0 radical (unpaired) electrons. The summed E-state index contributed by atoms with van der Waals surface area (Å²) in [7, 11) is 1.59. The molecule has 3 heterocycles. The van der Waals surface area contributed by atoms with Gasteiger partial charge in [0.15, 0.2) is 0 Å². The molecule has 8 heteroatoms. The van der Waals surface area contributed by atoms with Gasteiger partial charge in [-0.15, -0.1) is 0 Å². The average Bonchev–Trinajstić information content (AvgIpc) is 2.95. The predicted molar refractivity (Wildman–Crippen MR) is 94.1 cm³/mol. The maximum atomic E-state index is 12.9. The summed E-state index contributed by atoms with van der Waals surface area (Å²) in [5.74, 6) is 1.24. The van der Waals surface area contributed by atoms with Crippen LogP contribution in [-0.2, 0) is 6.54 Å². The number of nitrogens with zero attached hydrogens (tertiary/aromatic N) is 6. The smallest absolute Gasteiger partial charge is 0.257 e. The molecule has 0 bridgehead atoms. The number of hydrogen-bond acceptors (Lipinski definition) is 6. The summed E-state index contributed by atoms with van der Waals surface area (Å²) < 4.78 is 7.03. The van der Waals surface area contributed by atoms with Crippen LogP contribution in [0.5, 0.6) is 5.88 Å². The van der Waals surface area contributed by atoms with E-state index in [0.717, 1.165) is 23.5 Å². The minimum Gasteiger partial charge on any atom is -0.481 e. The molecule has 2 aromatic rings. The number of rotatable bonds is 4. The third kappa shape index (κ3) is 3.29. The molecule has 0 aliphatic carbocycles. The van der Waals surface area contributed by atoms with E-state index < -0.39 is 0 Å². The number of aryl methyl sites for hydroxylation is 2. The zero-order valence-electron chi connectivity index (χ0n) is 15.2. The first-order chi connectivity index (χ1) is 12.0. The van der Waals surface area contributed by atoms with Gasteiger partial charge in [-0.05, 0) is 20.8 Å². The van der Waals surface area contributed by atoms with Crippen molar-refractivity contribution in [3.05, 3.63) is 29.2 Å². The largest absolute Gasteiger partial charge is 0.481 e. The summed E-state index contributed by atoms with van der Waals surface area (Å²) in [5, 5.41) is 4.45. The van der Waals surface area contributed by atoms with Gasteiger partial charge in [-0.2, -0.15) is 10.1 Å². The van der Waals surface area contributed by atoms with Crippen molar-refractivity contribution < 1.29 is 9.53 Å². The lowest BCUT2D eigenvalue weighted by Gasteiger charge is -2.34. The van der Waals surface area contributed by atoms with Crippen LogP contribution < -0.4 is 9.64 Å². The number of aromatic nitrogens is 4. The Morgan fingerprint density at radius 3 is 2.56 bits per heavy atom. The number of amides is 1. The fraction of sp³-hybridized carbons (Fsp3) is 0.529. The molecule has 0 atom stereocenters. The topological polar surface area (TPSA) is 76.4 Å². The molecule has 1 fully saturated rings. The molecule has 134 valence electrons. The molecule has 0 N–H and O–H groups in total. The predicted octanol–water partition coefficient (Wildman–Crippen LogP) is 1.28. The van der Waals surface area contributed by atoms with Gasteiger partial charge in [-0.1, -0.05) is 0 Å². The Morgan fingerprint density at radius 1 is 1.24 bits per heavy atom. The normalized spacial score (nSPS) is 14.7. The molecule has 1 aliphatic rings. The Balaban J connectivity index is 1.70. The van der Waals surface area contributed by atoms with Gasteiger partial charge in [-0.25, -0.2) is 4.98 Å². The van der Waals surface area contributed by atoms with Gasteiger partial charge < -0.3 is 14.5 Å². The lowest BCUT2D eigenvalue weighted by atomic mass is 10.1. The van der Waals surface area contributed by atoms with E-state index in [2.05, 4.69) is 20.0 Å². The summed E-state index contributed by atoms with van der Waals surface area (Å²) in [6.45, 7) is 9.30. The Hall–Kier alpha value is -2.64. The summed E-state index contributed by atoms with van der Waals surface area (Å²) in [6, 6.07) is 1.72. The molecule has 0 saturated carbocycles. The first-order valence-corrected chi connectivity index (χ1v) is 8.50. The minimum absolute atomic E-state index is 0.0564. The number of carbonyl (C=O) groups excluding carboxylic acids is 1. The molecule has 8 nitrogen and oxygen atoms in total. The lowest BCUT2D eigenvalue weighted by Crippen LogP contribution is -2.49. The van der Waals surface area contributed by atoms with Crippen molar-refractivity contribution >= 4 is 11.9 Å². The summed E-state index contributed by atoms with van der Waals surface area (Å²) in [4.78, 5) is 25.5. The van der Waals surface area contributed by atoms with Gasteiger partial charge in [0.2, 0.25) is 11.8 Å². The van der Waals surface area contributed by atoms with E-state index in [0.29, 0.717) is 38.0 Å². The van der Waals surface area contributed by atoms with Gasteiger partial charge in [-0.3, -0.25) is 9.48 Å². The quantitative estimate of drug-likeness (QED) is 0.832. The second-order valence-corrected chi connectivity index (χ2v) is 6.04. The monoisotopic (exact) mass is 344 g/mol. The second-order valence-electron chi connectivity index (χ2n) is 6.04. The van der Waals surface area contributed by atoms with Gasteiger partial charge >= 0.3 is 0 Å². The molecule has 1 amide bonds. The molecule has 0 aromatic carbocycles. The highest BCUT2D eigenvalue weighted by atomic mass is 16.5. The molecule has 3 rings (SSSR count). The Labute approximate surface area is 147 Å². The van der Waals surface area contributed by atoms with Gasteiger partial charge in [0, 0.05) is 50.7 Å². The molecule has 25 heavy (non-hydrogen) atoms. The van der Waals surface area contributed by atoms with Crippen LogP contribution in [0.25, 0.3) is 0 Å². The lowest BCUT2D eigenvalue weighted by molar-refractivity contribution is 0.0744. The number of carbonyl (C=O) groups is 1. The fourth-order valence-corrected chi connectivity index (χ4v) is 3.18. The Bertz CT molecular complexity index is 764. The maximum Gasteiger partial charge on any atom is 0.257 e. The van der Waals surface area contributed by atoms with E-state index in [1.165, 1.54) is 0 Å². The highest BCUT2D eigenvalue weighted by Gasteiger charge is 2.27. The molecular formula is C17H24N6O2. The zero-order chi connectivity index (χ0) is 18.0. The van der Waals surface area contributed by atoms with E-state index in [-0.39, 0.29) is 5.91 Å². The zero-order valence-corrected chi connectivity index (χ0v) is 15.2. The minimum atomic E-state index is 0.0564. The van der Waals surface area contributed by atoms with Gasteiger partial charge in [0.25, 0.3) is 5.91 Å². The SMILES string of the molecule is CCn1nc(C)c(C(=O)N2CCN(c3nccc(OC)n3)CC2)c1C. The number of piperazine rings is 1. The third-order valence-corrected chi connectivity index (χ3v) is 4.57. The van der Waals surface area contributed by atoms with Crippen molar-refractivity contribution in [2.75, 3.05) is 38.2 Å². The number of methoxy groups -OCH3 is 1. The maximum absolute atomic E-state index is 12.9. The number of hydrogen-bond donors (Lipinski definition) is 0. The highest BCUT2D eigenvalue weighted by Crippen LogP contribution is 2.19. The number of ether oxygens (including phenoxy) is 1. The van der Waals surface area contributed by atoms with Crippen LogP contribution in [0, 0.1) is 13.8 Å². The second kappa shape index (κ2) is 7.08. The van der Waals surface area contributed by atoms with Crippen LogP contribution in [0.1, 0.15) is 28.7 Å². The van der Waals surface area contributed by atoms with Crippen molar-refractivity contribution in [3.63, 3.8) is 0 Å². The Morgan fingerprint density at radius 2 is 1.96 bits per heavy atom. The molecule has 0 spiro atoms. The van der Waals surface area contributed by atoms with Crippen molar-refractivity contribution in [1.29, 1.82) is 0 Å². The van der Waals surface area contributed by atoms with E-state index in [1.807, 2.05) is 30.4 Å². The molecule has 1 saturated heterocycles. The van der Waals surface area contributed by atoms with Crippen molar-refractivity contribution in [2.45, 2.75) is 27.3 Å². The summed E-state index contributed by atoms with van der Waals surface area (Å²) in [6.07, 6.45) is 1.69. The van der Waals surface area contributed by atoms with Crippen LogP contribution in [0.2, 0.25) is 0 Å². The van der Waals surface area contributed by atoms with Gasteiger partial charge in [0.1, 0.15) is 0 Å². The molecular weight excluding hydrogens is 320 g/mol. The first kappa shape index (κ1) is 17.2. The standard InChI is InChI=1S/C17H24N6O2/c1-5-23-13(3)15(12(2)20-23)16(24)21-8-10-22(11-9-21)17-18-7-6-14(19-17)25-4/h6-7H,5,8-11H2,1-4H3. The van der Waals surface area contributed by atoms with E-state index in [4.69, 9.17) is 4.74 Å². The van der Waals surface area contributed by atoms with Crippen LogP contribution in [0.15, 0.2) is 12.3 Å². The highest BCUT2D eigenvalue weighted by molar-refractivity contribution is 5.96. The molecule has 2 aromatic heterocycles. The van der Waals surface area contributed by atoms with Crippen LogP contribution >= 0.6 is 0 Å². The number of anilines is 1. The molecule has 0 unspecified atom stereocenters. The molecule has 1 aliphatic heterocycles. The van der Waals surface area contributed by atoms with Crippen LogP contribution in [0.3, 0.4) is 0 Å². The van der Waals surface area contributed by atoms with Crippen molar-refractivity contribution in [3.8, 4) is 5.88 Å². The van der Waals surface area contributed by atoms with Gasteiger partial charge in [0.05, 0.1) is 18.4 Å². The first-order valence-electron chi connectivity index (χ1n) is 8.50. The van der Waals surface area contributed by atoms with E-state index in [9.17, 15) is 4.79 Å². The van der Waals surface area contributed by atoms with Crippen molar-refractivity contribution in [1.82, 2.24) is 24.6 Å². The van der Waals surface area contributed by atoms with E-state index in [1.54, 1.807) is 19.4 Å². The van der Waals surface area contributed by atoms with Crippen LogP contribution in [-0.4, -0.2) is 63.8 Å². The van der Waals surface area contributed by atoms with Crippen molar-refractivity contribution in [2.24, 2.45) is 0 Å². The third-order valence-electron chi connectivity index (χ3n) is 4.57. The van der Waals surface area contributed by atoms with Crippen LogP contribution in [0.4, 0.5) is 5.95 Å².